The fraction of sp³-hybridized carbons (Fsp3) is 0.917. The molecule has 1 aliphatic carbocycles. The van der Waals surface area contributed by atoms with Crippen molar-refractivity contribution < 1.29 is 4.79 Å². The Balaban J connectivity index is 0.00000225. The van der Waals surface area contributed by atoms with Crippen molar-refractivity contribution in [3.05, 3.63) is 0 Å². The summed E-state index contributed by atoms with van der Waals surface area (Å²) in [5.74, 6) is 0.140. The zero-order valence-electron chi connectivity index (χ0n) is 10.6. The molecule has 3 nitrogen and oxygen atoms in total. The largest absolute Gasteiger partial charge is 0.354 e. The molecule has 0 spiro atoms. The number of carbonyl (C=O) groups excluding carboxylic acids is 1. The molecular formula is C12H25ClN2O. The Labute approximate surface area is 105 Å². The first kappa shape index (κ1) is 15.7. The summed E-state index contributed by atoms with van der Waals surface area (Å²) in [6.45, 7) is 7.10. The van der Waals surface area contributed by atoms with E-state index in [4.69, 9.17) is 5.73 Å². The molecule has 0 bridgehead atoms. The van der Waals surface area contributed by atoms with Gasteiger partial charge in [-0.15, -0.1) is 12.4 Å². The third-order valence-corrected chi connectivity index (χ3v) is 3.09. The van der Waals surface area contributed by atoms with Crippen LogP contribution in [0.1, 0.15) is 52.9 Å². The number of hydrogen-bond acceptors (Lipinski definition) is 2. The third-order valence-electron chi connectivity index (χ3n) is 3.09. The lowest BCUT2D eigenvalue weighted by Crippen LogP contribution is -2.54. The van der Waals surface area contributed by atoms with E-state index in [0.29, 0.717) is 13.0 Å². The van der Waals surface area contributed by atoms with Gasteiger partial charge in [0.1, 0.15) is 0 Å². The van der Waals surface area contributed by atoms with Gasteiger partial charge in [0.2, 0.25) is 5.91 Å². The van der Waals surface area contributed by atoms with E-state index in [0.717, 1.165) is 19.3 Å². The zero-order chi connectivity index (χ0) is 11.5. The summed E-state index contributed by atoms with van der Waals surface area (Å²) in [5.41, 5.74) is 6.15. The molecule has 96 valence electrons. The molecule has 0 unspecified atom stereocenters. The van der Waals surface area contributed by atoms with Crippen molar-refractivity contribution in [2.24, 2.45) is 11.1 Å². The molecule has 3 N–H and O–H groups in total. The molecule has 0 heterocycles. The number of rotatable bonds is 4. The van der Waals surface area contributed by atoms with Crippen LogP contribution < -0.4 is 11.1 Å². The van der Waals surface area contributed by atoms with Crippen LogP contribution in [-0.2, 0) is 4.79 Å². The van der Waals surface area contributed by atoms with Crippen LogP contribution in [0.3, 0.4) is 0 Å². The molecule has 0 aromatic rings. The molecule has 0 aromatic carbocycles. The van der Waals surface area contributed by atoms with Crippen molar-refractivity contribution in [1.82, 2.24) is 5.32 Å². The van der Waals surface area contributed by atoms with Crippen molar-refractivity contribution in [2.75, 3.05) is 6.54 Å². The van der Waals surface area contributed by atoms with Gasteiger partial charge >= 0.3 is 0 Å². The first-order valence-electron chi connectivity index (χ1n) is 5.86. The predicted molar refractivity (Wildman–Crippen MR) is 69.7 cm³/mol. The van der Waals surface area contributed by atoms with Crippen LogP contribution in [0.25, 0.3) is 0 Å². The quantitative estimate of drug-likeness (QED) is 0.802. The third kappa shape index (κ3) is 5.71. The van der Waals surface area contributed by atoms with Gasteiger partial charge in [0.15, 0.2) is 0 Å². The van der Waals surface area contributed by atoms with Crippen LogP contribution in [0.2, 0.25) is 0 Å². The summed E-state index contributed by atoms with van der Waals surface area (Å²) >= 11 is 0. The summed E-state index contributed by atoms with van der Waals surface area (Å²) < 4.78 is 0. The van der Waals surface area contributed by atoms with Gasteiger partial charge in [-0.1, -0.05) is 20.8 Å². The van der Waals surface area contributed by atoms with Gasteiger partial charge in [-0.3, -0.25) is 4.79 Å². The molecular weight excluding hydrogens is 224 g/mol. The van der Waals surface area contributed by atoms with Crippen molar-refractivity contribution in [2.45, 2.75) is 58.4 Å². The van der Waals surface area contributed by atoms with Gasteiger partial charge < -0.3 is 11.1 Å². The molecule has 1 rings (SSSR count). The van der Waals surface area contributed by atoms with Crippen LogP contribution in [0.5, 0.6) is 0 Å². The van der Waals surface area contributed by atoms with Crippen LogP contribution in [0, 0.1) is 5.41 Å². The monoisotopic (exact) mass is 248 g/mol. The first-order valence-corrected chi connectivity index (χ1v) is 5.86. The molecule has 1 fully saturated rings. The molecule has 1 aliphatic rings. The summed E-state index contributed by atoms with van der Waals surface area (Å²) in [6.07, 6.45) is 4.84. The lowest BCUT2D eigenvalue weighted by Gasteiger charge is -2.38. The van der Waals surface area contributed by atoms with E-state index in [-0.39, 0.29) is 29.3 Å². The van der Waals surface area contributed by atoms with Crippen LogP contribution in [-0.4, -0.2) is 18.0 Å². The van der Waals surface area contributed by atoms with Crippen LogP contribution >= 0.6 is 12.4 Å². The molecule has 1 saturated carbocycles. The predicted octanol–water partition coefficient (Wildman–Crippen LogP) is 2.23. The number of halogens is 1. The molecule has 0 radical (unpaired) electrons. The molecule has 0 aliphatic heterocycles. The Morgan fingerprint density at radius 3 is 2.31 bits per heavy atom. The maximum absolute atomic E-state index is 11.5. The topological polar surface area (TPSA) is 55.1 Å². The van der Waals surface area contributed by atoms with Gasteiger partial charge in [-0.25, -0.2) is 0 Å². The lowest BCUT2D eigenvalue weighted by atomic mass is 9.78. The minimum absolute atomic E-state index is 0. The highest BCUT2D eigenvalue weighted by atomic mass is 35.5. The van der Waals surface area contributed by atoms with E-state index >= 15 is 0 Å². The van der Waals surface area contributed by atoms with E-state index in [2.05, 4.69) is 26.1 Å². The zero-order valence-corrected chi connectivity index (χ0v) is 11.5. The summed E-state index contributed by atoms with van der Waals surface area (Å²) in [7, 11) is 0. The Morgan fingerprint density at radius 1 is 1.38 bits per heavy atom. The summed E-state index contributed by atoms with van der Waals surface area (Å²) in [6, 6.07) is 0. The van der Waals surface area contributed by atoms with E-state index < -0.39 is 0 Å². The minimum Gasteiger partial charge on any atom is -0.354 e. The SMILES string of the molecule is CC(C)(C)CCC(=O)NCC1(N)CCC1.Cl. The Morgan fingerprint density at radius 2 is 1.94 bits per heavy atom. The standard InChI is InChI=1S/C12H24N2O.ClH/c1-11(2,3)8-5-10(15)14-9-12(13)6-4-7-12;/h4-9,13H2,1-3H3,(H,14,15);1H. The van der Waals surface area contributed by atoms with Gasteiger partial charge in [0, 0.05) is 18.5 Å². The van der Waals surface area contributed by atoms with Crippen molar-refractivity contribution in [3.63, 3.8) is 0 Å². The molecule has 0 atom stereocenters. The second-order valence-corrected chi connectivity index (χ2v) is 6.05. The maximum Gasteiger partial charge on any atom is 0.220 e. The van der Waals surface area contributed by atoms with E-state index in [1.54, 1.807) is 0 Å². The number of nitrogens with one attached hydrogen (secondary N) is 1. The average molecular weight is 249 g/mol. The van der Waals surface area contributed by atoms with Gasteiger partial charge in [0.05, 0.1) is 0 Å². The highest BCUT2D eigenvalue weighted by Crippen LogP contribution is 2.28. The van der Waals surface area contributed by atoms with Gasteiger partial charge in [-0.2, -0.15) is 0 Å². The summed E-state index contributed by atoms with van der Waals surface area (Å²) in [4.78, 5) is 11.5. The second kappa shape index (κ2) is 5.87. The van der Waals surface area contributed by atoms with E-state index in [1.165, 1.54) is 6.42 Å². The second-order valence-electron chi connectivity index (χ2n) is 6.05. The van der Waals surface area contributed by atoms with Crippen molar-refractivity contribution in [1.29, 1.82) is 0 Å². The van der Waals surface area contributed by atoms with E-state index in [9.17, 15) is 4.79 Å². The number of carbonyl (C=O) groups is 1. The smallest absolute Gasteiger partial charge is 0.220 e. The normalized spacial score (nSPS) is 18.2. The number of hydrogen-bond donors (Lipinski definition) is 2. The van der Waals surface area contributed by atoms with E-state index in [1.807, 2.05) is 0 Å². The fourth-order valence-corrected chi connectivity index (χ4v) is 1.66. The Bertz CT molecular complexity index is 232. The first-order chi connectivity index (χ1) is 6.81. The maximum atomic E-state index is 11.5. The Hall–Kier alpha value is -0.280. The highest BCUT2D eigenvalue weighted by Gasteiger charge is 2.32. The molecule has 16 heavy (non-hydrogen) atoms. The molecule has 0 saturated heterocycles. The van der Waals surface area contributed by atoms with Crippen molar-refractivity contribution in [3.8, 4) is 0 Å². The van der Waals surface area contributed by atoms with Gasteiger partial charge in [0.25, 0.3) is 0 Å². The number of amides is 1. The average Bonchev–Trinajstić information content (AvgIpc) is 2.07. The lowest BCUT2D eigenvalue weighted by molar-refractivity contribution is -0.122. The van der Waals surface area contributed by atoms with Crippen LogP contribution in [0.4, 0.5) is 0 Å². The van der Waals surface area contributed by atoms with Crippen LogP contribution in [0.15, 0.2) is 0 Å². The number of nitrogens with two attached hydrogens (primary N) is 1. The van der Waals surface area contributed by atoms with Gasteiger partial charge in [-0.05, 0) is 31.1 Å². The molecule has 1 amide bonds. The molecule has 4 heteroatoms. The fourth-order valence-electron chi connectivity index (χ4n) is 1.66. The Kier molecular flexibility index (Phi) is 5.77. The highest BCUT2D eigenvalue weighted by molar-refractivity contribution is 5.85. The molecule has 0 aromatic heterocycles. The minimum atomic E-state index is -0.0998. The summed E-state index contributed by atoms with van der Waals surface area (Å²) in [5, 5.41) is 2.93. The van der Waals surface area contributed by atoms with Crippen molar-refractivity contribution >= 4 is 18.3 Å².